The van der Waals surface area contributed by atoms with Crippen LogP contribution >= 0.6 is 0 Å². The predicted molar refractivity (Wildman–Crippen MR) is 584 cm³/mol. The summed E-state index contributed by atoms with van der Waals surface area (Å²) in [4.78, 5) is 14.6. The number of hydrogen-bond donors (Lipinski definition) is 0. The van der Waals surface area contributed by atoms with Gasteiger partial charge >= 0.3 is 0 Å². The fraction of sp³-hybridized carbons (Fsp3) is 0. The molecule has 0 aromatic heterocycles. The lowest BCUT2D eigenvalue weighted by Gasteiger charge is -2.30. The van der Waals surface area contributed by atoms with E-state index in [0.29, 0.717) is 68.0 Å². The Morgan fingerprint density at radius 1 is 0.182 bits per heavy atom. The van der Waals surface area contributed by atoms with Gasteiger partial charge in [0, 0.05) is 68.6 Å². The van der Waals surface area contributed by atoms with Gasteiger partial charge in [0.25, 0.3) is 0 Å². The second-order valence-corrected chi connectivity index (χ2v) is 36.2. The Kier molecular flexibility index (Phi) is 24.0. The van der Waals surface area contributed by atoms with Crippen molar-refractivity contribution in [2.24, 2.45) is 0 Å². The first-order valence-electron chi connectivity index (χ1n) is 47.6. The number of anilines is 12. The van der Waals surface area contributed by atoms with E-state index in [-0.39, 0.29) is 22.7 Å². The number of hydrogen-bond acceptors (Lipinski definition) is 6. The Morgan fingerprint density at radius 3 is 0.642 bits per heavy atom. The molecule has 24 aromatic carbocycles. The zero-order chi connectivity index (χ0) is 101. The average molecular weight is 1930 g/mol. The summed E-state index contributed by atoms with van der Waals surface area (Å²) in [6.07, 6.45) is 0. The van der Waals surface area contributed by atoms with Crippen LogP contribution in [0.2, 0.25) is 0 Å². The van der Waals surface area contributed by atoms with Crippen molar-refractivity contribution in [3.63, 3.8) is 0 Å². The molecule has 0 unspecified atom stereocenters. The van der Waals surface area contributed by atoms with Crippen LogP contribution in [0.1, 0.15) is 11.1 Å². The largest absolute Gasteiger partial charge is 0.310 e. The van der Waals surface area contributed by atoms with Gasteiger partial charge in [-0.05, 0) is 302 Å². The molecule has 0 amide bonds. The van der Waals surface area contributed by atoms with Gasteiger partial charge in [-0.3, -0.25) is 0 Å². The van der Waals surface area contributed by atoms with Crippen molar-refractivity contribution in [1.29, 1.82) is 10.5 Å². The van der Waals surface area contributed by atoms with Crippen molar-refractivity contribution < 1.29 is 35.1 Å². The monoisotopic (exact) mass is 1920 g/mol. The minimum Gasteiger partial charge on any atom is -0.310 e. The van der Waals surface area contributed by atoms with E-state index in [1.807, 2.05) is 335 Å². The third kappa shape index (κ3) is 17.6. The molecular weight excluding hydrogens is 1850 g/mol. The summed E-state index contributed by atoms with van der Waals surface area (Å²) < 4.78 is 125. The maximum atomic E-state index is 16.6. The van der Waals surface area contributed by atoms with E-state index >= 15 is 26.3 Å². The molecule has 0 saturated carbocycles. The molecule has 0 fully saturated rings. The second-order valence-electron chi connectivity index (χ2n) is 36.2. The number of nitriles is 2. The van der Waals surface area contributed by atoms with Crippen LogP contribution in [-0.2, 0) is 0 Å². The molecule has 24 aromatic rings. The molecule has 0 radical (unpaired) electrons. The summed E-state index contributed by atoms with van der Waals surface area (Å²) in [6.45, 7) is 15.1. The van der Waals surface area contributed by atoms with Crippen molar-refractivity contribution in [2.75, 3.05) is 19.6 Å². The highest BCUT2D eigenvalue weighted by Crippen LogP contribution is 2.55. The van der Waals surface area contributed by atoms with E-state index in [0.717, 1.165) is 178 Å². The topological polar surface area (TPSA) is 69.3 Å². The van der Waals surface area contributed by atoms with E-state index in [1.54, 1.807) is 48.5 Å². The Labute approximate surface area is 846 Å². The molecule has 0 N–H and O–H groups in total. The fourth-order valence-electron chi connectivity index (χ4n) is 20.4. The highest BCUT2D eigenvalue weighted by atomic mass is 19.2. The van der Waals surface area contributed by atoms with Gasteiger partial charge in [-0.15, -0.1) is 0 Å². The summed E-state index contributed by atoms with van der Waals surface area (Å²) in [6, 6.07) is 144. The van der Waals surface area contributed by atoms with Crippen LogP contribution in [0.4, 0.5) is 115 Å². The average Bonchev–Trinajstić information content (AvgIpc) is 0.718. The third-order valence-corrected chi connectivity index (χ3v) is 27.2. The smallest absolute Gasteiger partial charge is 0.187 e. The van der Waals surface area contributed by atoms with Crippen LogP contribution in [0.15, 0.2) is 461 Å². The van der Waals surface area contributed by atoms with Crippen LogP contribution in [-0.4, -0.2) is 0 Å². The first-order valence-corrected chi connectivity index (χ1v) is 47.6. The zero-order valence-corrected chi connectivity index (χ0v) is 78.5. The van der Waals surface area contributed by atoms with E-state index in [4.69, 9.17) is 13.1 Å². The van der Waals surface area contributed by atoms with Gasteiger partial charge in [-0.25, -0.2) is 44.8 Å². The molecule has 0 aliphatic carbocycles. The normalized spacial score (nSPS) is 11.2. The first kappa shape index (κ1) is 91.7. The van der Waals surface area contributed by atoms with Crippen molar-refractivity contribution >= 4 is 144 Å². The lowest BCUT2D eigenvalue weighted by Crippen LogP contribution is -2.14. The molecule has 24 rings (SSSR count). The van der Waals surface area contributed by atoms with Crippen LogP contribution in [0.3, 0.4) is 0 Å². The third-order valence-electron chi connectivity index (χ3n) is 27.2. The van der Waals surface area contributed by atoms with E-state index in [2.05, 4.69) is 46.1 Å². The SMILES string of the molecule is [C-]#[N+]c1ccc(-c2cc(-c3ccccc3)cc(N(c3cc(F)cc(F)c3)c3ccc4ccc5c(N(c6cc(F)cc(F)c6)c6cc(-c7ccccc7)cc(-c7ccc(C#N)cc7)c6)ccc6ccc3c4c65)c2)cc1.[C-]#[N+]c1ccc(-c2cc(-c3ccccc3)cc(N(c3ccc(F)cc3F)c3ccc4ccc5c(N(c6cc(-c7ccccc7)cc(-c7ccc(C#N)cc7)c6)c6ccc(F)cc6F)ccc6ccc3c4c65)c2)cc1. The van der Waals surface area contributed by atoms with Crippen molar-refractivity contribution in [3.05, 3.63) is 542 Å². The molecule has 148 heavy (non-hydrogen) atoms. The summed E-state index contributed by atoms with van der Waals surface area (Å²) >= 11 is 0. The highest BCUT2D eigenvalue weighted by molar-refractivity contribution is 6.30. The van der Waals surface area contributed by atoms with Crippen LogP contribution < -0.4 is 19.6 Å². The summed E-state index contributed by atoms with van der Waals surface area (Å²) in [5, 5.41) is 29.4. The van der Waals surface area contributed by atoms with E-state index in [1.165, 1.54) is 48.5 Å². The molecule has 0 saturated heterocycles. The summed E-state index contributed by atoms with van der Waals surface area (Å²) in [5.41, 5.74) is 21.6. The molecule has 0 aliphatic heterocycles. The molecule has 8 nitrogen and oxygen atoms in total. The van der Waals surface area contributed by atoms with Crippen LogP contribution in [0.25, 0.3) is 163 Å². The standard InChI is InChI=1S/2C66H38F4N4/c1-72-54-24-16-45(17-25-54)51-33-49(43-10-6-3-7-11-43)35-56(37-51)74(64-31-23-53(68)39-60(64)70)62-29-21-47-18-26-57-61(28-20-46-19-27-58(62)66(47)65(46)57)73(63-30-22-52(67)38-59(63)69)55-34-48(42-8-4-2-5-9-42)32-50(36-55)44-14-12-41(40-71)13-15-44;1-72-56-22-16-45(17-23-56)51-29-49(43-10-6-3-7-11-43)31-58(33-51)74(60-38-54(69)35-55(70)39-60)64-27-21-47-18-24-61-63(26-20-46-19-25-62(64)66(47)65(46)61)73(59-36-52(67)34-53(68)37-59)57-30-48(42-8-4-2-5-9-42)28-50(32-57)44-14-12-41(40-71)13-15-44/h2*2-39H. The summed E-state index contributed by atoms with van der Waals surface area (Å²) in [5.74, 6) is -5.93. The van der Waals surface area contributed by atoms with Crippen molar-refractivity contribution in [2.45, 2.75) is 0 Å². The molecule has 700 valence electrons. The second kappa shape index (κ2) is 38.8. The van der Waals surface area contributed by atoms with E-state index in [9.17, 15) is 19.3 Å². The molecule has 0 spiro atoms. The molecular formula is C132H76F8N8. The summed E-state index contributed by atoms with van der Waals surface area (Å²) in [7, 11) is 0. The zero-order valence-electron chi connectivity index (χ0n) is 78.5. The van der Waals surface area contributed by atoms with Gasteiger partial charge in [0.15, 0.2) is 11.4 Å². The maximum Gasteiger partial charge on any atom is 0.187 e. The highest BCUT2D eigenvalue weighted by Gasteiger charge is 2.31. The van der Waals surface area contributed by atoms with Crippen LogP contribution in [0, 0.1) is 82.3 Å². The number of rotatable bonds is 20. The minimum absolute atomic E-state index is 0.119. The van der Waals surface area contributed by atoms with Gasteiger partial charge in [-0.1, -0.05) is 267 Å². The lowest BCUT2D eigenvalue weighted by atomic mass is 9.91. The van der Waals surface area contributed by atoms with Crippen LogP contribution in [0.5, 0.6) is 0 Å². The van der Waals surface area contributed by atoms with Crippen molar-refractivity contribution in [3.8, 4) is 101 Å². The number of nitrogens with zero attached hydrogens (tertiary/aromatic N) is 8. The quantitative estimate of drug-likeness (QED) is 0.0430. The van der Waals surface area contributed by atoms with Gasteiger partial charge < -0.3 is 19.6 Å². The molecule has 0 atom stereocenters. The maximum absolute atomic E-state index is 16.6. The van der Waals surface area contributed by atoms with Gasteiger partial charge in [-0.2, -0.15) is 10.5 Å². The van der Waals surface area contributed by atoms with Gasteiger partial charge in [0.05, 0.1) is 81.9 Å². The number of benzene rings is 24. The Bertz CT molecular complexity index is 8910. The predicted octanol–water partition coefficient (Wildman–Crippen LogP) is 38.3. The van der Waals surface area contributed by atoms with Gasteiger partial charge in [0.1, 0.15) is 46.5 Å². The van der Waals surface area contributed by atoms with Gasteiger partial charge in [0.2, 0.25) is 0 Å². The molecule has 0 heterocycles. The van der Waals surface area contributed by atoms with Crippen molar-refractivity contribution in [1.82, 2.24) is 0 Å². The fourth-order valence-corrected chi connectivity index (χ4v) is 20.4. The first-order chi connectivity index (χ1) is 72.4. The Hall–Kier alpha value is -20.0. The minimum atomic E-state index is -0.764. The number of halogens is 8. The molecule has 0 aliphatic rings. The lowest BCUT2D eigenvalue weighted by molar-refractivity contribution is 0.583. The van der Waals surface area contributed by atoms with E-state index < -0.39 is 46.5 Å². The molecule has 0 bridgehead atoms. The Morgan fingerprint density at radius 2 is 0.399 bits per heavy atom. The molecule has 16 heteroatoms. The Balaban J connectivity index is 0.000000163.